The van der Waals surface area contributed by atoms with Gasteiger partial charge < -0.3 is 19.5 Å². The number of carbonyl (C=O) groups is 2. The van der Waals surface area contributed by atoms with Gasteiger partial charge in [0.15, 0.2) is 6.10 Å². The van der Waals surface area contributed by atoms with Crippen LogP contribution < -0.4 is 14.8 Å². The Morgan fingerprint density at radius 1 is 0.935 bits per heavy atom. The van der Waals surface area contributed by atoms with Gasteiger partial charge in [0, 0.05) is 6.08 Å². The van der Waals surface area contributed by atoms with Crippen LogP contribution in [0, 0.1) is 6.92 Å². The summed E-state index contributed by atoms with van der Waals surface area (Å²) in [7, 11) is 3.15. The maximum Gasteiger partial charge on any atom is 0.331 e. The zero-order valence-corrected chi connectivity index (χ0v) is 18.0. The Morgan fingerprint density at radius 2 is 1.68 bits per heavy atom. The minimum Gasteiger partial charge on any atom is -0.497 e. The van der Waals surface area contributed by atoms with Crippen LogP contribution >= 0.6 is 0 Å². The minimum absolute atomic E-state index is 0.440. The van der Waals surface area contributed by atoms with E-state index in [-0.39, 0.29) is 0 Å². The third-order valence-corrected chi connectivity index (χ3v) is 4.76. The van der Waals surface area contributed by atoms with E-state index in [4.69, 9.17) is 14.2 Å². The number of methoxy groups -OCH3 is 2. The molecule has 0 aliphatic carbocycles. The quantitative estimate of drug-likeness (QED) is 0.442. The Balaban J connectivity index is 1.62. The lowest BCUT2D eigenvalue weighted by atomic mass is 10.1. The largest absolute Gasteiger partial charge is 0.497 e. The fourth-order valence-corrected chi connectivity index (χ4v) is 3.06. The van der Waals surface area contributed by atoms with Gasteiger partial charge in [0.05, 0.1) is 19.9 Å². The Kier molecular flexibility index (Phi) is 6.92. The molecule has 0 saturated heterocycles. The number of carbonyl (C=O) groups excluding carboxylic acids is 2. The van der Waals surface area contributed by atoms with Crippen LogP contribution in [0.4, 0.5) is 5.69 Å². The number of benzene rings is 3. The van der Waals surface area contributed by atoms with Crippen LogP contribution in [-0.2, 0) is 14.3 Å². The second kappa shape index (κ2) is 9.80. The fourth-order valence-electron chi connectivity index (χ4n) is 3.06. The van der Waals surface area contributed by atoms with Crippen molar-refractivity contribution in [3.8, 4) is 11.5 Å². The molecule has 6 nitrogen and oxygen atoms in total. The van der Waals surface area contributed by atoms with Crippen LogP contribution in [0.5, 0.6) is 11.5 Å². The molecule has 1 amide bonds. The Morgan fingerprint density at radius 3 is 2.42 bits per heavy atom. The van der Waals surface area contributed by atoms with Crippen LogP contribution in [0.25, 0.3) is 16.8 Å². The zero-order valence-electron chi connectivity index (χ0n) is 18.0. The number of fused-ring (bicyclic) bond motifs is 1. The molecule has 3 rings (SSSR count). The summed E-state index contributed by atoms with van der Waals surface area (Å²) in [6.45, 7) is 3.43. The maximum atomic E-state index is 12.4. The highest BCUT2D eigenvalue weighted by Crippen LogP contribution is 2.25. The first-order valence-electron chi connectivity index (χ1n) is 9.81. The number of hydrogen-bond acceptors (Lipinski definition) is 5. The smallest absolute Gasteiger partial charge is 0.331 e. The number of ether oxygens (including phenoxy) is 3. The molecule has 0 fully saturated rings. The molecule has 0 aliphatic rings. The highest BCUT2D eigenvalue weighted by molar-refractivity contribution is 5.98. The molecule has 160 valence electrons. The second-order valence-corrected chi connectivity index (χ2v) is 7.08. The van der Waals surface area contributed by atoms with Gasteiger partial charge in [-0.2, -0.15) is 0 Å². The van der Waals surface area contributed by atoms with Gasteiger partial charge in [0.25, 0.3) is 5.91 Å². The molecule has 0 aromatic heterocycles. The Labute approximate surface area is 181 Å². The Hall–Kier alpha value is -3.80. The molecule has 0 radical (unpaired) electrons. The van der Waals surface area contributed by atoms with Crippen molar-refractivity contribution in [3.63, 3.8) is 0 Å². The van der Waals surface area contributed by atoms with Crippen molar-refractivity contribution in [1.29, 1.82) is 0 Å². The summed E-state index contributed by atoms with van der Waals surface area (Å²) in [6, 6.07) is 17.0. The van der Waals surface area contributed by atoms with E-state index in [1.165, 1.54) is 20.1 Å². The van der Waals surface area contributed by atoms with Crippen LogP contribution in [-0.4, -0.2) is 32.2 Å². The molecule has 1 N–H and O–H groups in total. The normalized spacial score (nSPS) is 11.9. The second-order valence-electron chi connectivity index (χ2n) is 7.08. The van der Waals surface area contributed by atoms with Crippen molar-refractivity contribution in [2.75, 3.05) is 19.5 Å². The van der Waals surface area contributed by atoms with Gasteiger partial charge in [-0.15, -0.1) is 0 Å². The van der Waals surface area contributed by atoms with E-state index >= 15 is 0 Å². The van der Waals surface area contributed by atoms with Gasteiger partial charge in [-0.3, -0.25) is 4.79 Å². The molecule has 0 heterocycles. The molecule has 6 heteroatoms. The van der Waals surface area contributed by atoms with Gasteiger partial charge in [-0.25, -0.2) is 4.79 Å². The number of rotatable bonds is 7. The summed E-state index contributed by atoms with van der Waals surface area (Å²) >= 11 is 0. The van der Waals surface area contributed by atoms with E-state index < -0.39 is 18.0 Å². The van der Waals surface area contributed by atoms with E-state index in [9.17, 15) is 9.59 Å². The average Bonchev–Trinajstić information content (AvgIpc) is 2.77. The van der Waals surface area contributed by atoms with E-state index in [0.717, 1.165) is 27.6 Å². The van der Waals surface area contributed by atoms with Crippen molar-refractivity contribution >= 4 is 34.4 Å². The summed E-state index contributed by atoms with van der Waals surface area (Å²) in [5.74, 6) is 0.278. The van der Waals surface area contributed by atoms with Gasteiger partial charge in [0.2, 0.25) is 0 Å². The lowest BCUT2D eigenvalue weighted by Gasteiger charge is -2.15. The molecule has 31 heavy (non-hydrogen) atoms. The third-order valence-electron chi connectivity index (χ3n) is 4.76. The number of amides is 1. The summed E-state index contributed by atoms with van der Waals surface area (Å²) in [4.78, 5) is 24.6. The molecule has 3 aromatic carbocycles. The van der Waals surface area contributed by atoms with Crippen molar-refractivity contribution in [1.82, 2.24) is 0 Å². The number of hydrogen-bond donors (Lipinski definition) is 1. The Bertz CT molecular complexity index is 1140. The molecule has 0 unspecified atom stereocenters. The first-order chi connectivity index (χ1) is 14.9. The van der Waals surface area contributed by atoms with Crippen molar-refractivity contribution in [2.24, 2.45) is 0 Å². The van der Waals surface area contributed by atoms with E-state index in [0.29, 0.717) is 11.4 Å². The van der Waals surface area contributed by atoms with E-state index in [1.807, 2.05) is 49.4 Å². The van der Waals surface area contributed by atoms with Gasteiger partial charge >= 0.3 is 5.97 Å². The molecule has 1 atom stereocenters. The van der Waals surface area contributed by atoms with E-state index in [1.54, 1.807) is 25.3 Å². The summed E-state index contributed by atoms with van der Waals surface area (Å²) < 4.78 is 15.7. The molecular weight excluding hydrogens is 394 g/mol. The topological polar surface area (TPSA) is 73.9 Å². The monoisotopic (exact) mass is 419 g/mol. The fraction of sp³-hybridized carbons (Fsp3) is 0.200. The molecule has 0 bridgehead atoms. The minimum atomic E-state index is -0.966. The van der Waals surface area contributed by atoms with Gasteiger partial charge in [-0.1, -0.05) is 24.3 Å². The SMILES string of the molecule is COc1ccc2cc(/C=C/C(=O)O[C@@H](C)C(=O)Nc3cc(C)ccc3OC)ccc2c1. The first-order valence-corrected chi connectivity index (χ1v) is 9.81. The van der Waals surface area contributed by atoms with Crippen LogP contribution in [0.3, 0.4) is 0 Å². The molecular formula is C25H25NO5. The molecule has 0 saturated carbocycles. The van der Waals surface area contributed by atoms with Crippen molar-refractivity contribution < 1.29 is 23.8 Å². The number of anilines is 1. The maximum absolute atomic E-state index is 12.4. The van der Waals surface area contributed by atoms with Crippen LogP contribution in [0.1, 0.15) is 18.1 Å². The zero-order chi connectivity index (χ0) is 22.4. The summed E-state index contributed by atoms with van der Waals surface area (Å²) in [5, 5.41) is 4.80. The molecule has 0 spiro atoms. The van der Waals surface area contributed by atoms with Gasteiger partial charge in [0.1, 0.15) is 11.5 Å². The van der Waals surface area contributed by atoms with Crippen molar-refractivity contribution in [3.05, 3.63) is 71.8 Å². The summed E-state index contributed by atoms with van der Waals surface area (Å²) in [6.07, 6.45) is 1.99. The highest BCUT2D eigenvalue weighted by Gasteiger charge is 2.18. The first kappa shape index (κ1) is 21.9. The lowest BCUT2D eigenvalue weighted by molar-refractivity contribution is -0.148. The molecule has 3 aromatic rings. The van der Waals surface area contributed by atoms with Crippen molar-refractivity contribution in [2.45, 2.75) is 20.0 Å². The number of esters is 1. The average molecular weight is 419 g/mol. The lowest BCUT2D eigenvalue weighted by Crippen LogP contribution is -2.29. The highest BCUT2D eigenvalue weighted by atomic mass is 16.5. The predicted octanol–water partition coefficient (Wildman–Crippen LogP) is 4.75. The number of nitrogens with one attached hydrogen (secondary N) is 1. The standard InChI is InChI=1S/C25H25NO5/c1-16-5-11-23(30-4)22(13-16)26-25(28)17(2)31-24(27)12-7-18-6-8-20-15-21(29-3)10-9-19(20)14-18/h5-15,17H,1-4H3,(H,26,28)/b12-7+/t17-/m0/s1. The third kappa shape index (κ3) is 5.63. The van der Waals surface area contributed by atoms with E-state index in [2.05, 4.69) is 5.32 Å². The van der Waals surface area contributed by atoms with Gasteiger partial charge in [-0.05, 0) is 72.2 Å². The number of aryl methyl sites for hydroxylation is 1. The van der Waals surface area contributed by atoms with Crippen LogP contribution in [0.15, 0.2) is 60.7 Å². The summed E-state index contributed by atoms with van der Waals surface area (Å²) in [5.41, 5.74) is 2.34. The molecule has 0 aliphatic heterocycles. The predicted molar refractivity (Wildman–Crippen MR) is 121 cm³/mol. The van der Waals surface area contributed by atoms with Crippen LogP contribution in [0.2, 0.25) is 0 Å².